The maximum atomic E-state index is 12.3. The highest BCUT2D eigenvalue weighted by Crippen LogP contribution is 2.29. The minimum Gasteiger partial charge on any atom is -0.465 e. The minimum absolute atomic E-state index is 0.326. The van der Waals surface area contributed by atoms with E-state index in [-0.39, 0.29) is 0 Å². The summed E-state index contributed by atoms with van der Waals surface area (Å²) in [5.74, 6) is -0.109. The number of methoxy groups -OCH3 is 1. The van der Waals surface area contributed by atoms with Gasteiger partial charge in [0.2, 0.25) is 0 Å². The number of nitrogens with one attached hydrogen (secondary N) is 1. The van der Waals surface area contributed by atoms with Crippen LogP contribution in [0.15, 0.2) is 54.7 Å². The number of hydroxylamine groups is 1. The first-order valence-corrected chi connectivity index (χ1v) is 6.81. The van der Waals surface area contributed by atoms with Crippen molar-refractivity contribution < 1.29 is 23.9 Å². The molecule has 116 valence electrons. The van der Waals surface area contributed by atoms with Crippen molar-refractivity contribution in [2.45, 2.75) is 0 Å². The fourth-order valence-electron chi connectivity index (χ4n) is 2.12. The molecule has 6 heteroatoms. The number of fused-ring (bicyclic) bond motifs is 1. The second kappa shape index (κ2) is 6.23. The standard InChI is InChI=1S/C17H13NO5/c1-21-16(19)11-6-8-12(9-7-11)22-17(20)14-10-18-23-15-5-3-2-4-13(14)15/h2-10,18H,1H3. The van der Waals surface area contributed by atoms with Crippen LogP contribution in [-0.2, 0) is 9.53 Å². The Morgan fingerprint density at radius 1 is 1.00 bits per heavy atom. The molecule has 1 aliphatic rings. The Bertz CT molecular complexity index is 780. The smallest absolute Gasteiger partial charge is 0.345 e. The van der Waals surface area contributed by atoms with Crippen LogP contribution in [0.5, 0.6) is 11.5 Å². The molecule has 0 saturated heterocycles. The number of hydrogen-bond acceptors (Lipinski definition) is 6. The van der Waals surface area contributed by atoms with Gasteiger partial charge < -0.3 is 14.3 Å². The van der Waals surface area contributed by atoms with E-state index in [1.165, 1.54) is 37.6 Å². The molecule has 2 aromatic carbocycles. The van der Waals surface area contributed by atoms with E-state index >= 15 is 0 Å². The topological polar surface area (TPSA) is 73.9 Å². The lowest BCUT2D eigenvalue weighted by Crippen LogP contribution is -2.22. The van der Waals surface area contributed by atoms with E-state index in [4.69, 9.17) is 9.57 Å². The molecule has 0 unspecified atom stereocenters. The summed E-state index contributed by atoms with van der Waals surface area (Å²) in [5.41, 5.74) is 3.94. The predicted octanol–water partition coefficient (Wildman–Crippen LogP) is 2.32. The van der Waals surface area contributed by atoms with E-state index in [2.05, 4.69) is 10.2 Å². The summed E-state index contributed by atoms with van der Waals surface area (Å²) in [6.45, 7) is 0. The first-order chi connectivity index (χ1) is 11.2. The molecular formula is C17H13NO5. The van der Waals surface area contributed by atoms with Crippen LogP contribution in [0.25, 0.3) is 5.57 Å². The van der Waals surface area contributed by atoms with E-state index < -0.39 is 11.9 Å². The third-order valence-corrected chi connectivity index (χ3v) is 3.26. The van der Waals surface area contributed by atoms with Gasteiger partial charge in [-0.3, -0.25) is 0 Å². The Kier molecular flexibility index (Phi) is 3.97. The molecule has 6 nitrogen and oxygen atoms in total. The van der Waals surface area contributed by atoms with E-state index in [0.29, 0.717) is 28.2 Å². The van der Waals surface area contributed by atoms with E-state index in [9.17, 15) is 9.59 Å². The van der Waals surface area contributed by atoms with Gasteiger partial charge in [0.05, 0.1) is 24.4 Å². The molecule has 0 fully saturated rings. The number of carbonyl (C=O) groups excluding carboxylic acids is 2. The van der Waals surface area contributed by atoms with Gasteiger partial charge in [-0.05, 0) is 30.3 Å². The number of carbonyl (C=O) groups is 2. The molecule has 0 saturated carbocycles. The van der Waals surface area contributed by atoms with Crippen LogP contribution >= 0.6 is 0 Å². The Balaban J connectivity index is 1.77. The lowest BCUT2D eigenvalue weighted by Gasteiger charge is -2.17. The maximum Gasteiger partial charge on any atom is 0.345 e. The fraction of sp³-hybridized carbons (Fsp3) is 0.0588. The van der Waals surface area contributed by atoms with E-state index in [1.54, 1.807) is 24.3 Å². The van der Waals surface area contributed by atoms with Crippen LogP contribution in [0.4, 0.5) is 0 Å². The maximum absolute atomic E-state index is 12.3. The van der Waals surface area contributed by atoms with Crippen molar-refractivity contribution >= 4 is 17.5 Å². The zero-order valence-electron chi connectivity index (χ0n) is 12.2. The molecule has 3 rings (SSSR count). The van der Waals surface area contributed by atoms with Crippen LogP contribution < -0.4 is 15.1 Å². The van der Waals surface area contributed by atoms with Crippen molar-refractivity contribution in [2.24, 2.45) is 0 Å². The highest BCUT2D eigenvalue weighted by Gasteiger charge is 2.21. The molecule has 0 atom stereocenters. The second-order valence-corrected chi connectivity index (χ2v) is 4.68. The molecule has 1 aliphatic heterocycles. The Labute approximate surface area is 132 Å². The van der Waals surface area contributed by atoms with Gasteiger partial charge in [0, 0.05) is 5.56 Å². The third kappa shape index (κ3) is 3.01. The quantitative estimate of drug-likeness (QED) is 0.692. The minimum atomic E-state index is -0.529. The molecule has 0 spiro atoms. The van der Waals surface area contributed by atoms with Gasteiger partial charge >= 0.3 is 11.9 Å². The summed E-state index contributed by atoms with van der Waals surface area (Å²) >= 11 is 0. The molecule has 0 amide bonds. The number of benzene rings is 2. The molecule has 1 N–H and O–H groups in total. The lowest BCUT2D eigenvalue weighted by molar-refractivity contribution is -0.128. The highest BCUT2D eigenvalue weighted by molar-refractivity contribution is 6.18. The number of hydrogen-bond donors (Lipinski definition) is 1. The predicted molar refractivity (Wildman–Crippen MR) is 81.6 cm³/mol. The van der Waals surface area contributed by atoms with Gasteiger partial charge in [-0.2, -0.15) is 0 Å². The first kappa shape index (κ1) is 14.6. The number of rotatable bonds is 3. The largest absolute Gasteiger partial charge is 0.465 e. The monoisotopic (exact) mass is 311 g/mol. The third-order valence-electron chi connectivity index (χ3n) is 3.26. The zero-order chi connectivity index (χ0) is 16.2. The van der Waals surface area contributed by atoms with Crippen LogP contribution in [0, 0.1) is 0 Å². The molecule has 2 aromatic rings. The van der Waals surface area contributed by atoms with Crippen molar-refractivity contribution in [1.82, 2.24) is 5.48 Å². The van der Waals surface area contributed by atoms with Crippen molar-refractivity contribution in [2.75, 3.05) is 7.11 Å². The molecule has 0 aliphatic carbocycles. The van der Waals surface area contributed by atoms with Gasteiger partial charge in [-0.15, -0.1) is 0 Å². The van der Waals surface area contributed by atoms with Gasteiger partial charge in [0.1, 0.15) is 5.75 Å². The summed E-state index contributed by atoms with van der Waals surface area (Å²) in [6.07, 6.45) is 1.44. The van der Waals surface area contributed by atoms with Crippen LogP contribution in [-0.4, -0.2) is 19.0 Å². The molecule has 0 aromatic heterocycles. The van der Waals surface area contributed by atoms with E-state index in [1.807, 2.05) is 0 Å². The van der Waals surface area contributed by atoms with Gasteiger partial charge in [0.15, 0.2) is 5.75 Å². The van der Waals surface area contributed by atoms with Gasteiger partial charge in [-0.25, -0.2) is 15.1 Å². The Morgan fingerprint density at radius 2 is 1.74 bits per heavy atom. The van der Waals surface area contributed by atoms with Gasteiger partial charge in [-0.1, -0.05) is 18.2 Å². The summed E-state index contributed by atoms with van der Waals surface area (Å²) < 4.78 is 9.94. The average molecular weight is 311 g/mol. The number of esters is 2. The number of para-hydroxylation sites is 1. The summed E-state index contributed by atoms with van der Waals surface area (Å²) in [5, 5.41) is 0. The van der Waals surface area contributed by atoms with Crippen molar-refractivity contribution in [1.29, 1.82) is 0 Å². The van der Waals surface area contributed by atoms with Crippen molar-refractivity contribution in [3.8, 4) is 11.5 Å². The molecule has 0 radical (unpaired) electrons. The summed E-state index contributed by atoms with van der Waals surface area (Å²) in [4.78, 5) is 28.9. The summed E-state index contributed by atoms with van der Waals surface area (Å²) in [6, 6.07) is 13.2. The zero-order valence-corrected chi connectivity index (χ0v) is 12.2. The normalized spacial score (nSPS) is 12.1. The second-order valence-electron chi connectivity index (χ2n) is 4.68. The number of ether oxygens (including phenoxy) is 2. The van der Waals surface area contributed by atoms with E-state index in [0.717, 1.165) is 0 Å². The molecule has 1 heterocycles. The Morgan fingerprint density at radius 3 is 2.48 bits per heavy atom. The first-order valence-electron chi connectivity index (χ1n) is 6.81. The van der Waals surface area contributed by atoms with Gasteiger partial charge in [0.25, 0.3) is 0 Å². The molecule has 0 bridgehead atoms. The fourth-order valence-corrected chi connectivity index (χ4v) is 2.12. The van der Waals surface area contributed by atoms with Crippen molar-refractivity contribution in [3.63, 3.8) is 0 Å². The van der Waals surface area contributed by atoms with Crippen molar-refractivity contribution in [3.05, 3.63) is 65.9 Å². The van der Waals surface area contributed by atoms with Crippen LogP contribution in [0.3, 0.4) is 0 Å². The Hall–Kier alpha value is -3.28. The van der Waals surface area contributed by atoms with Crippen LogP contribution in [0.1, 0.15) is 15.9 Å². The summed E-state index contributed by atoms with van der Waals surface area (Å²) in [7, 11) is 1.30. The lowest BCUT2D eigenvalue weighted by atomic mass is 10.1. The van der Waals surface area contributed by atoms with Crippen LogP contribution in [0.2, 0.25) is 0 Å². The molecule has 23 heavy (non-hydrogen) atoms. The highest BCUT2D eigenvalue weighted by atomic mass is 16.6. The average Bonchev–Trinajstić information content (AvgIpc) is 2.61. The molecular weight excluding hydrogens is 298 g/mol. The SMILES string of the molecule is COC(=O)c1ccc(OC(=O)C2=CNOc3ccccc32)cc1.